The maximum atomic E-state index is 12.1. The maximum Gasteiger partial charge on any atom is 0.255 e. The van der Waals surface area contributed by atoms with Crippen molar-refractivity contribution in [2.75, 3.05) is 17.2 Å². The van der Waals surface area contributed by atoms with Gasteiger partial charge in [0, 0.05) is 12.2 Å². The minimum absolute atomic E-state index is 0.159. The summed E-state index contributed by atoms with van der Waals surface area (Å²) in [6.07, 6.45) is 0. The van der Waals surface area contributed by atoms with Gasteiger partial charge in [-0.05, 0) is 43.7 Å². The highest BCUT2D eigenvalue weighted by Gasteiger charge is 2.14. The summed E-state index contributed by atoms with van der Waals surface area (Å²) >= 11 is 6.31. The molecule has 1 aromatic heterocycles. The monoisotopic (exact) mass is 411 g/mol. The predicted molar refractivity (Wildman–Crippen MR) is 114 cm³/mol. The van der Waals surface area contributed by atoms with Crippen molar-refractivity contribution >= 4 is 34.8 Å². The smallest absolute Gasteiger partial charge is 0.255 e. The van der Waals surface area contributed by atoms with E-state index in [2.05, 4.69) is 16.0 Å². The first-order valence-electron chi connectivity index (χ1n) is 9.15. The van der Waals surface area contributed by atoms with E-state index < -0.39 is 0 Å². The van der Waals surface area contributed by atoms with Crippen molar-refractivity contribution in [3.8, 4) is 0 Å². The van der Waals surface area contributed by atoms with Crippen molar-refractivity contribution in [2.24, 2.45) is 0 Å². The molecule has 0 aliphatic heterocycles. The Morgan fingerprint density at radius 1 is 1.03 bits per heavy atom. The molecule has 0 aliphatic carbocycles. The average molecular weight is 412 g/mol. The van der Waals surface area contributed by atoms with Crippen LogP contribution in [0.25, 0.3) is 0 Å². The topological polar surface area (TPSA) is 83.4 Å². The van der Waals surface area contributed by atoms with E-state index in [-0.39, 0.29) is 18.4 Å². The van der Waals surface area contributed by atoms with Gasteiger partial charge in [-0.3, -0.25) is 9.59 Å². The highest BCUT2D eigenvalue weighted by molar-refractivity contribution is 6.33. The minimum atomic E-state index is -0.354. The number of hydrogen-bond acceptors (Lipinski definition) is 4. The number of halogens is 1. The largest absolute Gasteiger partial charge is 0.466 e. The Labute approximate surface area is 174 Å². The molecule has 3 N–H and O–H groups in total. The molecule has 3 aromatic rings. The molecule has 0 fully saturated rings. The van der Waals surface area contributed by atoms with Crippen molar-refractivity contribution in [3.63, 3.8) is 0 Å². The van der Waals surface area contributed by atoms with E-state index in [0.29, 0.717) is 34.3 Å². The van der Waals surface area contributed by atoms with E-state index >= 15 is 0 Å². The standard InChI is InChI=1S/C22H22ClN3O3/c1-14-10-18(15(2)29-14)22(28)25-13-21(27)26-17-8-9-20(19(23)11-17)24-12-16-6-4-3-5-7-16/h3-11,24H,12-13H2,1-2H3,(H,25,28)(H,26,27). The van der Waals surface area contributed by atoms with Crippen molar-refractivity contribution in [1.82, 2.24) is 5.32 Å². The van der Waals surface area contributed by atoms with Gasteiger partial charge in [0.05, 0.1) is 22.8 Å². The Hall–Kier alpha value is -3.25. The summed E-state index contributed by atoms with van der Waals surface area (Å²) in [5.74, 6) is 0.462. The SMILES string of the molecule is Cc1cc(C(=O)NCC(=O)Nc2ccc(NCc3ccccc3)c(Cl)c2)c(C)o1. The number of amides is 2. The molecule has 0 atom stereocenters. The number of furan rings is 1. The second-order valence-corrected chi connectivity index (χ2v) is 7.00. The zero-order chi connectivity index (χ0) is 20.8. The molecular formula is C22H22ClN3O3. The van der Waals surface area contributed by atoms with Crippen LogP contribution in [-0.4, -0.2) is 18.4 Å². The van der Waals surface area contributed by atoms with E-state index in [0.717, 1.165) is 11.3 Å². The Bertz CT molecular complexity index is 1020. The number of carbonyl (C=O) groups excluding carboxylic acids is 2. The van der Waals surface area contributed by atoms with E-state index in [1.807, 2.05) is 30.3 Å². The quantitative estimate of drug-likeness (QED) is 0.533. The van der Waals surface area contributed by atoms with E-state index in [1.54, 1.807) is 38.1 Å². The zero-order valence-corrected chi connectivity index (χ0v) is 17.0. The first-order valence-corrected chi connectivity index (χ1v) is 9.52. The van der Waals surface area contributed by atoms with Crippen molar-refractivity contribution in [2.45, 2.75) is 20.4 Å². The van der Waals surface area contributed by atoms with Gasteiger partial charge < -0.3 is 20.4 Å². The van der Waals surface area contributed by atoms with E-state index in [1.165, 1.54) is 0 Å². The Morgan fingerprint density at radius 3 is 2.45 bits per heavy atom. The molecule has 150 valence electrons. The molecule has 0 unspecified atom stereocenters. The lowest BCUT2D eigenvalue weighted by atomic mass is 10.2. The molecule has 0 spiro atoms. The normalized spacial score (nSPS) is 10.4. The van der Waals surface area contributed by atoms with Crippen molar-refractivity contribution < 1.29 is 14.0 Å². The van der Waals surface area contributed by atoms with Crippen molar-refractivity contribution in [1.29, 1.82) is 0 Å². The number of aryl methyl sites for hydroxylation is 2. The van der Waals surface area contributed by atoms with Crippen LogP contribution in [0.1, 0.15) is 27.4 Å². The Balaban J connectivity index is 1.52. The van der Waals surface area contributed by atoms with Crippen LogP contribution in [-0.2, 0) is 11.3 Å². The molecule has 0 saturated heterocycles. The highest BCUT2D eigenvalue weighted by atomic mass is 35.5. The number of benzene rings is 2. The van der Waals surface area contributed by atoms with Crippen LogP contribution in [0.2, 0.25) is 5.02 Å². The van der Waals surface area contributed by atoms with E-state index in [9.17, 15) is 9.59 Å². The molecule has 2 aromatic carbocycles. The lowest BCUT2D eigenvalue weighted by molar-refractivity contribution is -0.115. The number of carbonyl (C=O) groups is 2. The van der Waals surface area contributed by atoms with Gasteiger partial charge in [-0.2, -0.15) is 0 Å². The van der Waals surface area contributed by atoms with Crippen LogP contribution >= 0.6 is 11.6 Å². The van der Waals surface area contributed by atoms with Crippen LogP contribution in [0.5, 0.6) is 0 Å². The second-order valence-electron chi connectivity index (χ2n) is 6.59. The maximum absolute atomic E-state index is 12.1. The van der Waals surface area contributed by atoms with Gasteiger partial charge in [0.15, 0.2) is 0 Å². The van der Waals surface area contributed by atoms with Crippen LogP contribution in [0.3, 0.4) is 0 Å². The molecule has 0 bridgehead atoms. The molecule has 0 radical (unpaired) electrons. The van der Waals surface area contributed by atoms with Gasteiger partial charge in [0.2, 0.25) is 5.91 Å². The molecule has 0 saturated carbocycles. The number of nitrogens with one attached hydrogen (secondary N) is 3. The molecule has 2 amide bonds. The zero-order valence-electron chi connectivity index (χ0n) is 16.2. The summed E-state index contributed by atoms with van der Waals surface area (Å²) in [7, 11) is 0. The third-order valence-corrected chi connectivity index (χ3v) is 4.59. The fraction of sp³-hybridized carbons (Fsp3) is 0.182. The minimum Gasteiger partial charge on any atom is -0.466 e. The average Bonchev–Trinajstić information content (AvgIpc) is 3.04. The fourth-order valence-electron chi connectivity index (χ4n) is 2.85. The van der Waals surface area contributed by atoms with E-state index in [4.69, 9.17) is 16.0 Å². The molecule has 6 nitrogen and oxygen atoms in total. The summed E-state index contributed by atoms with van der Waals surface area (Å²) in [6.45, 7) is 3.95. The fourth-order valence-corrected chi connectivity index (χ4v) is 3.09. The number of rotatable bonds is 7. The summed E-state index contributed by atoms with van der Waals surface area (Å²) in [5.41, 5.74) is 2.88. The molecule has 3 rings (SSSR count). The van der Waals surface area contributed by atoms with Crippen LogP contribution < -0.4 is 16.0 Å². The van der Waals surface area contributed by atoms with Gasteiger partial charge in [-0.15, -0.1) is 0 Å². The predicted octanol–water partition coefficient (Wildman–Crippen LogP) is 4.53. The lowest BCUT2D eigenvalue weighted by Gasteiger charge is -2.11. The number of anilines is 2. The summed E-state index contributed by atoms with van der Waals surface area (Å²) in [4.78, 5) is 24.3. The summed E-state index contributed by atoms with van der Waals surface area (Å²) in [6, 6.07) is 16.8. The Morgan fingerprint density at radius 2 is 1.79 bits per heavy atom. The first-order chi connectivity index (χ1) is 13.9. The first kappa shape index (κ1) is 20.5. The third kappa shape index (κ3) is 5.62. The highest BCUT2D eigenvalue weighted by Crippen LogP contribution is 2.26. The van der Waals surface area contributed by atoms with Gasteiger partial charge in [-0.1, -0.05) is 41.9 Å². The second kappa shape index (κ2) is 9.30. The van der Waals surface area contributed by atoms with Gasteiger partial charge in [-0.25, -0.2) is 0 Å². The molecule has 7 heteroatoms. The molecule has 29 heavy (non-hydrogen) atoms. The Kier molecular flexibility index (Phi) is 6.57. The van der Waals surface area contributed by atoms with Crippen LogP contribution in [0, 0.1) is 13.8 Å². The van der Waals surface area contributed by atoms with Crippen molar-refractivity contribution in [3.05, 3.63) is 82.3 Å². The molecular weight excluding hydrogens is 390 g/mol. The molecule has 1 heterocycles. The van der Waals surface area contributed by atoms with Crippen LogP contribution in [0.4, 0.5) is 11.4 Å². The van der Waals surface area contributed by atoms with Crippen LogP contribution in [0.15, 0.2) is 59.0 Å². The lowest BCUT2D eigenvalue weighted by Crippen LogP contribution is -2.32. The van der Waals surface area contributed by atoms with Gasteiger partial charge in [0.25, 0.3) is 5.91 Å². The summed E-state index contributed by atoms with van der Waals surface area (Å²) < 4.78 is 5.33. The van der Waals surface area contributed by atoms with Gasteiger partial charge in [0.1, 0.15) is 11.5 Å². The number of hydrogen-bond donors (Lipinski definition) is 3. The molecule has 0 aliphatic rings. The third-order valence-electron chi connectivity index (χ3n) is 4.27. The van der Waals surface area contributed by atoms with Gasteiger partial charge >= 0.3 is 0 Å². The summed E-state index contributed by atoms with van der Waals surface area (Å²) in [5, 5.41) is 9.06.